The highest BCUT2D eigenvalue weighted by Crippen LogP contribution is 2.47. The van der Waals surface area contributed by atoms with Crippen LogP contribution in [0.3, 0.4) is 0 Å². The Balaban J connectivity index is 0.977. The van der Waals surface area contributed by atoms with Gasteiger partial charge in [0.05, 0.1) is 28.1 Å². The van der Waals surface area contributed by atoms with E-state index in [1.807, 2.05) is 12.1 Å². The van der Waals surface area contributed by atoms with Gasteiger partial charge in [-0.05, 0) is 93.7 Å². The van der Waals surface area contributed by atoms with E-state index in [0.29, 0.717) is 0 Å². The first-order valence-corrected chi connectivity index (χ1v) is 22.9. The molecule has 0 N–H and O–H groups in total. The average molecular weight is 855 g/mol. The van der Waals surface area contributed by atoms with Crippen LogP contribution in [0, 0.1) is 0 Å². The third-order valence-electron chi connectivity index (χ3n) is 13.4. The first-order chi connectivity index (χ1) is 33.2. The van der Waals surface area contributed by atoms with Crippen molar-refractivity contribution < 1.29 is 4.42 Å². The first kappa shape index (κ1) is 38.5. The maximum absolute atomic E-state index is 6.51. The molecular weight excluding hydrogens is 813 g/mol. The molecule has 13 rings (SSSR count). The van der Waals surface area contributed by atoms with Crippen LogP contribution in [0.25, 0.3) is 105 Å². The number of benzene rings is 11. The smallest absolute Gasteiger partial charge is 0.143 e. The van der Waals surface area contributed by atoms with Crippen LogP contribution in [-0.4, -0.2) is 4.57 Å². The minimum absolute atomic E-state index is 0.897. The van der Waals surface area contributed by atoms with Crippen molar-refractivity contribution in [2.24, 2.45) is 0 Å². The lowest BCUT2D eigenvalue weighted by atomic mass is 9.95. The molecule has 0 aliphatic heterocycles. The molecule has 0 radical (unpaired) electrons. The zero-order valence-corrected chi connectivity index (χ0v) is 36.6. The number of hydrogen-bond acceptors (Lipinski definition) is 2. The summed E-state index contributed by atoms with van der Waals surface area (Å²) in [5.74, 6) is 0. The fraction of sp³-hybridized carbons (Fsp3) is 0. The van der Waals surface area contributed by atoms with Crippen LogP contribution in [0.1, 0.15) is 0 Å². The van der Waals surface area contributed by atoms with Gasteiger partial charge in [-0.15, -0.1) is 0 Å². The summed E-state index contributed by atoms with van der Waals surface area (Å²) >= 11 is 0. The van der Waals surface area contributed by atoms with Crippen LogP contribution in [0.4, 0.5) is 17.1 Å². The Labute approximate surface area is 388 Å². The summed E-state index contributed by atoms with van der Waals surface area (Å²) in [4.78, 5) is 2.43. The molecule has 0 aliphatic rings. The van der Waals surface area contributed by atoms with Gasteiger partial charge in [0, 0.05) is 49.5 Å². The lowest BCUT2D eigenvalue weighted by Crippen LogP contribution is -2.12. The van der Waals surface area contributed by atoms with Crippen molar-refractivity contribution in [2.45, 2.75) is 0 Å². The Morgan fingerprint density at radius 2 is 0.821 bits per heavy atom. The molecule has 3 heteroatoms. The van der Waals surface area contributed by atoms with Gasteiger partial charge in [-0.25, -0.2) is 0 Å². The average Bonchev–Trinajstić information content (AvgIpc) is 3.95. The Hall–Kier alpha value is -8.92. The van der Waals surface area contributed by atoms with Gasteiger partial charge in [-0.1, -0.05) is 194 Å². The minimum atomic E-state index is 0.897. The lowest BCUT2D eigenvalue weighted by molar-refractivity contribution is 0.670. The molecule has 2 heterocycles. The number of rotatable bonds is 8. The normalized spacial score (nSPS) is 11.6. The van der Waals surface area contributed by atoms with Crippen molar-refractivity contribution in [3.05, 3.63) is 255 Å². The molecule has 0 aliphatic carbocycles. The molecule has 11 aromatic carbocycles. The van der Waals surface area contributed by atoms with Crippen LogP contribution in [0.5, 0.6) is 0 Å². The quantitative estimate of drug-likeness (QED) is 0.152. The van der Waals surface area contributed by atoms with E-state index >= 15 is 0 Å². The fourth-order valence-electron chi connectivity index (χ4n) is 10.3. The van der Waals surface area contributed by atoms with Gasteiger partial charge >= 0.3 is 0 Å². The number of fused-ring (bicyclic) bond motifs is 7. The van der Waals surface area contributed by atoms with E-state index < -0.39 is 0 Å². The zero-order chi connectivity index (χ0) is 44.3. The topological polar surface area (TPSA) is 21.3 Å². The second-order valence-corrected chi connectivity index (χ2v) is 17.2. The number of aromatic nitrogens is 1. The number of para-hydroxylation sites is 7. The van der Waals surface area contributed by atoms with Gasteiger partial charge in [0.1, 0.15) is 11.2 Å². The van der Waals surface area contributed by atoms with Crippen molar-refractivity contribution in [1.82, 2.24) is 4.57 Å². The van der Waals surface area contributed by atoms with Crippen molar-refractivity contribution in [1.29, 1.82) is 0 Å². The Kier molecular flexibility index (Phi) is 9.17. The number of hydrogen-bond donors (Lipinski definition) is 0. The van der Waals surface area contributed by atoms with E-state index in [9.17, 15) is 0 Å². The summed E-state index contributed by atoms with van der Waals surface area (Å²) in [6.07, 6.45) is 0. The van der Waals surface area contributed by atoms with Crippen LogP contribution in [0.2, 0.25) is 0 Å². The number of nitrogens with zero attached hydrogens (tertiary/aromatic N) is 2. The molecule has 0 saturated heterocycles. The predicted molar refractivity (Wildman–Crippen MR) is 282 cm³/mol. The molecule has 0 fully saturated rings. The van der Waals surface area contributed by atoms with Crippen molar-refractivity contribution >= 4 is 71.6 Å². The second-order valence-electron chi connectivity index (χ2n) is 17.2. The van der Waals surface area contributed by atoms with Crippen molar-refractivity contribution in [3.63, 3.8) is 0 Å². The molecule has 0 spiro atoms. The summed E-state index contributed by atoms with van der Waals surface area (Å²) < 4.78 is 8.93. The summed E-state index contributed by atoms with van der Waals surface area (Å²) in [5.41, 5.74) is 17.6. The van der Waals surface area contributed by atoms with E-state index in [-0.39, 0.29) is 0 Å². The van der Waals surface area contributed by atoms with E-state index in [1.165, 1.54) is 38.1 Å². The Morgan fingerprint density at radius 3 is 1.55 bits per heavy atom. The molecule has 0 saturated carbocycles. The van der Waals surface area contributed by atoms with Crippen molar-refractivity contribution in [2.75, 3.05) is 4.90 Å². The van der Waals surface area contributed by atoms with Gasteiger partial charge in [0.15, 0.2) is 0 Å². The maximum Gasteiger partial charge on any atom is 0.143 e. The summed E-state index contributed by atoms with van der Waals surface area (Å²) in [6.45, 7) is 0. The summed E-state index contributed by atoms with van der Waals surface area (Å²) in [6, 6.07) is 92.0. The van der Waals surface area contributed by atoms with E-state index in [4.69, 9.17) is 4.42 Å². The van der Waals surface area contributed by atoms with Gasteiger partial charge in [0.2, 0.25) is 0 Å². The fourth-order valence-corrected chi connectivity index (χ4v) is 10.3. The van der Waals surface area contributed by atoms with Gasteiger partial charge < -0.3 is 13.9 Å². The van der Waals surface area contributed by atoms with Crippen LogP contribution in [0.15, 0.2) is 259 Å². The largest absolute Gasteiger partial charge is 0.455 e. The molecule has 67 heavy (non-hydrogen) atoms. The maximum atomic E-state index is 6.51. The molecule has 0 unspecified atom stereocenters. The monoisotopic (exact) mass is 854 g/mol. The highest BCUT2D eigenvalue weighted by Gasteiger charge is 2.22. The second kappa shape index (κ2) is 16.0. The lowest BCUT2D eigenvalue weighted by Gasteiger charge is -2.30. The summed E-state index contributed by atoms with van der Waals surface area (Å²) in [5, 5.41) is 7.18. The molecule has 0 atom stereocenters. The molecule has 0 bridgehead atoms. The third-order valence-corrected chi connectivity index (χ3v) is 13.4. The highest BCUT2D eigenvalue weighted by molar-refractivity contribution is 6.11. The molecule has 314 valence electrons. The van der Waals surface area contributed by atoms with Crippen LogP contribution < -0.4 is 4.90 Å². The van der Waals surface area contributed by atoms with E-state index in [0.717, 1.165) is 83.6 Å². The number of furan rings is 1. The van der Waals surface area contributed by atoms with E-state index in [2.05, 4.69) is 252 Å². The highest BCUT2D eigenvalue weighted by atomic mass is 16.3. The number of anilines is 3. The Bertz CT molecular complexity index is 3950. The molecular formula is C64H42N2O. The van der Waals surface area contributed by atoms with Gasteiger partial charge in [0.25, 0.3) is 0 Å². The SMILES string of the molecule is c1cc(-c2ccccc2N(c2ccc(-c3cccc4c3oc3ccccc34)cc2)c2ccccc2-c2ccc3ccccc3c2)cc(-c2ccccc2-n2c3ccccc3c3ccccc32)c1. The Morgan fingerprint density at radius 1 is 0.313 bits per heavy atom. The standard InChI is InChI=1S/C64H42N2O/c1-2-18-45-41-48(36-35-43(45)17-1)52-23-4-10-30-59(52)65(49-39-37-44(38-40-49)53-27-16-28-57-56-26-8-14-34-63(56)67-64(53)57)58-29-9-3-21-50(58)46-19-15-20-47(42-46)51-22-5-11-31-60(51)66-61-32-12-6-24-54(61)55-25-7-13-33-62(55)66/h1-42H. The summed E-state index contributed by atoms with van der Waals surface area (Å²) in [7, 11) is 0. The van der Waals surface area contributed by atoms with Crippen molar-refractivity contribution in [3.8, 4) is 50.2 Å². The van der Waals surface area contributed by atoms with Crippen LogP contribution >= 0.6 is 0 Å². The first-order valence-electron chi connectivity index (χ1n) is 22.9. The molecule has 2 aromatic heterocycles. The minimum Gasteiger partial charge on any atom is -0.455 e. The van der Waals surface area contributed by atoms with Gasteiger partial charge in [-0.3, -0.25) is 0 Å². The predicted octanol–water partition coefficient (Wildman–Crippen LogP) is 18.0. The zero-order valence-electron chi connectivity index (χ0n) is 36.6. The van der Waals surface area contributed by atoms with Crippen LogP contribution in [-0.2, 0) is 0 Å². The molecule has 0 amide bonds. The van der Waals surface area contributed by atoms with E-state index in [1.54, 1.807) is 0 Å². The third kappa shape index (κ3) is 6.51. The van der Waals surface area contributed by atoms with Gasteiger partial charge in [-0.2, -0.15) is 0 Å². The molecule has 3 nitrogen and oxygen atoms in total. The molecule has 13 aromatic rings.